The summed E-state index contributed by atoms with van der Waals surface area (Å²) in [4.78, 5) is 17.0. The van der Waals surface area contributed by atoms with Crippen LogP contribution in [0.1, 0.15) is 36.7 Å². The molecule has 2 atom stereocenters. The highest BCUT2D eigenvalue weighted by Crippen LogP contribution is 2.32. The predicted molar refractivity (Wildman–Crippen MR) is 130 cm³/mol. The van der Waals surface area contributed by atoms with Crippen molar-refractivity contribution in [2.24, 2.45) is 0 Å². The van der Waals surface area contributed by atoms with Gasteiger partial charge in [-0.1, -0.05) is 28.9 Å². The molecule has 0 bridgehead atoms. The maximum absolute atomic E-state index is 14.2. The third kappa shape index (κ3) is 5.26. The van der Waals surface area contributed by atoms with Crippen molar-refractivity contribution in [3.05, 3.63) is 76.5 Å². The fourth-order valence-electron chi connectivity index (χ4n) is 3.80. The Hall–Kier alpha value is -3.56. The van der Waals surface area contributed by atoms with Gasteiger partial charge in [-0.3, -0.25) is 4.79 Å². The molecule has 182 valence electrons. The zero-order valence-electron chi connectivity index (χ0n) is 19.8. The lowest BCUT2D eigenvalue weighted by atomic mass is 10.0. The average molecular weight is 498 g/mol. The smallest absolute Gasteiger partial charge is 0.249 e. The highest BCUT2D eigenvalue weighted by Gasteiger charge is 2.21. The lowest BCUT2D eigenvalue weighted by Crippen LogP contribution is -2.36. The van der Waals surface area contributed by atoms with Crippen LogP contribution in [0.2, 0.25) is 5.02 Å². The Balaban J connectivity index is 1.67. The largest absolute Gasteiger partial charge is 0.487 e. The minimum Gasteiger partial charge on any atom is -0.487 e. The van der Waals surface area contributed by atoms with Crippen LogP contribution in [0, 0.1) is 12.7 Å². The van der Waals surface area contributed by atoms with Crippen molar-refractivity contribution in [1.82, 2.24) is 25.3 Å². The number of nitrogens with one attached hydrogen (secondary N) is 1. The fraction of sp³-hybridized carbons (Fsp3) is 0.280. The number of pyridine rings is 1. The number of hydrogen-bond acceptors (Lipinski definition) is 6. The molecule has 10 heteroatoms. The van der Waals surface area contributed by atoms with E-state index < -0.39 is 18.0 Å². The second kappa shape index (κ2) is 10.4. The quantitative estimate of drug-likeness (QED) is 0.379. The molecule has 35 heavy (non-hydrogen) atoms. The Kier molecular flexibility index (Phi) is 7.28. The molecule has 0 aliphatic carbocycles. The number of nitrogens with zero attached hydrogens (tertiary/aromatic N) is 4. The van der Waals surface area contributed by atoms with E-state index in [1.165, 1.54) is 19.2 Å². The minimum absolute atomic E-state index is 0.0435. The molecule has 0 aliphatic heterocycles. The van der Waals surface area contributed by atoms with Crippen molar-refractivity contribution >= 4 is 28.4 Å². The minimum atomic E-state index is -0.648. The number of aromatic nitrogens is 4. The molecular formula is C25H25ClFN5O3. The van der Waals surface area contributed by atoms with E-state index in [1.807, 2.05) is 31.2 Å². The number of amides is 1. The van der Waals surface area contributed by atoms with Gasteiger partial charge in [-0.15, -0.1) is 5.10 Å². The molecule has 0 aliphatic rings. The highest BCUT2D eigenvalue weighted by atomic mass is 35.5. The lowest BCUT2D eigenvalue weighted by molar-refractivity contribution is -0.130. The molecule has 4 aromatic rings. The molecule has 1 amide bonds. The topological polar surface area (TPSA) is 91.2 Å². The van der Waals surface area contributed by atoms with Gasteiger partial charge in [0.25, 0.3) is 0 Å². The molecular weight excluding hydrogens is 473 g/mol. The normalized spacial score (nSPS) is 13.0. The van der Waals surface area contributed by atoms with Crippen LogP contribution in [-0.4, -0.2) is 39.1 Å². The highest BCUT2D eigenvalue weighted by molar-refractivity contribution is 6.31. The number of methoxy groups -OCH3 is 1. The molecule has 0 fully saturated rings. The lowest BCUT2D eigenvalue weighted by Gasteiger charge is -2.21. The third-order valence-corrected chi connectivity index (χ3v) is 6.03. The summed E-state index contributed by atoms with van der Waals surface area (Å²) in [7, 11) is 1.45. The van der Waals surface area contributed by atoms with Gasteiger partial charge in [0.2, 0.25) is 5.91 Å². The molecule has 0 saturated carbocycles. The van der Waals surface area contributed by atoms with Gasteiger partial charge < -0.3 is 14.8 Å². The van der Waals surface area contributed by atoms with E-state index in [2.05, 4.69) is 20.6 Å². The molecule has 4 rings (SSSR count). The Labute approximate surface area is 207 Å². The number of hydrogen-bond donors (Lipinski definition) is 1. The monoisotopic (exact) mass is 497 g/mol. The van der Waals surface area contributed by atoms with Crippen molar-refractivity contribution in [2.75, 3.05) is 7.11 Å². The number of rotatable bonds is 8. The number of carbonyl (C=O) groups is 1. The molecule has 2 aromatic heterocycles. The zero-order valence-corrected chi connectivity index (χ0v) is 20.5. The molecule has 0 unspecified atom stereocenters. The van der Waals surface area contributed by atoms with Gasteiger partial charge in [-0.25, -0.2) is 14.1 Å². The first-order valence-electron chi connectivity index (χ1n) is 11.0. The van der Waals surface area contributed by atoms with Crippen LogP contribution in [0.5, 0.6) is 5.75 Å². The standard InChI is InChI=1S/C25H25ClFN5O3/c1-14-10-22(32-9-8-28-31-32)18-6-5-7-23(24(18)29-14)35-13-20-19(11-17(27)12-21(20)26)15(2)30-25(33)16(3)34-4/h5-12,15-16H,13H2,1-4H3,(H,30,33)/t15-,16-/m0/s1. The van der Waals surface area contributed by atoms with E-state index in [-0.39, 0.29) is 17.5 Å². The summed E-state index contributed by atoms with van der Waals surface area (Å²) in [6, 6.07) is 9.56. The molecule has 0 radical (unpaired) electrons. The van der Waals surface area contributed by atoms with E-state index in [9.17, 15) is 9.18 Å². The van der Waals surface area contributed by atoms with Crippen molar-refractivity contribution < 1.29 is 18.7 Å². The summed E-state index contributed by atoms with van der Waals surface area (Å²) >= 11 is 6.42. The Bertz CT molecular complexity index is 1360. The molecule has 1 N–H and O–H groups in total. The van der Waals surface area contributed by atoms with E-state index in [4.69, 9.17) is 21.1 Å². The zero-order chi connectivity index (χ0) is 25.1. The van der Waals surface area contributed by atoms with Crippen molar-refractivity contribution in [3.8, 4) is 11.4 Å². The second-order valence-corrected chi connectivity index (χ2v) is 8.54. The number of carbonyl (C=O) groups excluding carboxylic acids is 1. The van der Waals surface area contributed by atoms with E-state index >= 15 is 0 Å². The molecule has 2 heterocycles. The van der Waals surface area contributed by atoms with Crippen LogP contribution in [0.25, 0.3) is 16.6 Å². The molecule has 2 aromatic carbocycles. The second-order valence-electron chi connectivity index (χ2n) is 8.13. The van der Waals surface area contributed by atoms with Gasteiger partial charge in [0, 0.05) is 23.8 Å². The van der Waals surface area contributed by atoms with Crippen LogP contribution in [-0.2, 0) is 16.1 Å². The predicted octanol–water partition coefficient (Wildman–Crippen LogP) is 4.71. The number of aryl methyl sites for hydroxylation is 1. The van der Waals surface area contributed by atoms with Gasteiger partial charge in [0.15, 0.2) is 0 Å². The SMILES string of the molecule is CO[C@@H](C)C(=O)N[C@@H](C)c1cc(F)cc(Cl)c1COc1cccc2c(-n3ccnn3)cc(C)nc12. The van der Waals surface area contributed by atoms with Gasteiger partial charge >= 0.3 is 0 Å². The first-order chi connectivity index (χ1) is 16.8. The first kappa shape index (κ1) is 24.6. The van der Waals surface area contributed by atoms with Crippen LogP contribution < -0.4 is 10.1 Å². The summed E-state index contributed by atoms with van der Waals surface area (Å²) in [6.07, 6.45) is 2.71. The Morgan fingerprint density at radius 2 is 2.06 bits per heavy atom. The van der Waals surface area contributed by atoms with Crippen molar-refractivity contribution in [1.29, 1.82) is 0 Å². The summed E-state index contributed by atoms with van der Waals surface area (Å²) < 4.78 is 27.1. The summed E-state index contributed by atoms with van der Waals surface area (Å²) in [6.45, 7) is 5.31. The molecule has 0 saturated heterocycles. The Morgan fingerprint density at radius 3 is 2.77 bits per heavy atom. The summed E-state index contributed by atoms with van der Waals surface area (Å²) in [5.74, 6) is -0.292. The number of para-hydroxylation sites is 1. The number of halogens is 2. The summed E-state index contributed by atoms with van der Waals surface area (Å²) in [5.41, 5.74) is 3.32. The number of ether oxygens (including phenoxy) is 2. The van der Waals surface area contributed by atoms with Gasteiger partial charge in [0.1, 0.15) is 29.8 Å². The van der Waals surface area contributed by atoms with Crippen molar-refractivity contribution in [2.45, 2.75) is 39.5 Å². The van der Waals surface area contributed by atoms with Crippen molar-refractivity contribution in [3.63, 3.8) is 0 Å². The molecule has 0 spiro atoms. The van der Waals surface area contributed by atoms with Gasteiger partial charge in [0.05, 0.1) is 29.1 Å². The summed E-state index contributed by atoms with van der Waals surface area (Å²) in [5, 5.41) is 11.8. The van der Waals surface area contributed by atoms with Crippen LogP contribution in [0.15, 0.2) is 48.8 Å². The van der Waals surface area contributed by atoms with E-state index in [0.29, 0.717) is 22.4 Å². The molecule has 8 nitrogen and oxygen atoms in total. The van der Waals surface area contributed by atoms with E-state index in [1.54, 1.807) is 30.9 Å². The van der Waals surface area contributed by atoms with Crippen LogP contribution in [0.3, 0.4) is 0 Å². The third-order valence-electron chi connectivity index (χ3n) is 5.69. The maximum Gasteiger partial charge on any atom is 0.249 e. The average Bonchev–Trinajstić information content (AvgIpc) is 3.37. The number of fused-ring (bicyclic) bond motifs is 1. The first-order valence-corrected chi connectivity index (χ1v) is 11.4. The van der Waals surface area contributed by atoms with Gasteiger partial charge in [-0.05, 0) is 50.6 Å². The Morgan fingerprint density at radius 1 is 1.26 bits per heavy atom. The van der Waals surface area contributed by atoms with Gasteiger partial charge in [-0.2, -0.15) is 0 Å². The maximum atomic E-state index is 14.2. The van der Waals surface area contributed by atoms with Crippen LogP contribution >= 0.6 is 11.6 Å². The van der Waals surface area contributed by atoms with Crippen LogP contribution in [0.4, 0.5) is 4.39 Å². The number of benzene rings is 2. The fourth-order valence-corrected chi connectivity index (χ4v) is 4.07. The van der Waals surface area contributed by atoms with E-state index in [0.717, 1.165) is 16.8 Å².